The van der Waals surface area contributed by atoms with Crippen molar-refractivity contribution in [2.45, 2.75) is 57.6 Å². The number of ether oxygens (including phenoxy) is 2. The van der Waals surface area contributed by atoms with Gasteiger partial charge in [0, 0.05) is 26.1 Å². The van der Waals surface area contributed by atoms with E-state index in [2.05, 4.69) is 32.1 Å². The van der Waals surface area contributed by atoms with Crippen molar-refractivity contribution in [3.05, 3.63) is 12.2 Å². The predicted molar refractivity (Wildman–Crippen MR) is 127 cm³/mol. The number of aliphatic hydroxyl groups excluding tert-OH is 2. The van der Waals surface area contributed by atoms with Crippen LogP contribution >= 0.6 is 0 Å². The fraction of sp³-hybridized carbons (Fsp3) is 0.609. The minimum atomic E-state index is -1.42. The number of fused-ring (bicyclic) bond motifs is 1. The molecular weight excluding hydrogens is 470 g/mol. The number of nitrogens with one attached hydrogen (secondary N) is 1. The molecule has 2 amide bonds. The van der Waals surface area contributed by atoms with Crippen LogP contribution < -0.4 is 11.1 Å². The molecule has 5 N–H and O–H groups in total. The summed E-state index contributed by atoms with van der Waals surface area (Å²) in [5, 5.41) is 23.5. The van der Waals surface area contributed by atoms with Crippen molar-refractivity contribution in [2.24, 2.45) is 5.92 Å². The number of hydrogen-bond donors (Lipinski definition) is 4. The topological polar surface area (TPSA) is 178 Å². The zero-order chi connectivity index (χ0) is 25.8. The lowest BCUT2D eigenvalue weighted by atomic mass is 9.94. The van der Waals surface area contributed by atoms with Crippen LogP contribution in [0.1, 0.15) is 45.2 Å². The molecule has 2 fully saturated rings. The molecule has 0 bridgehead atoms. The molecule has 2 aliphatic heterocycles. The zero-order valence-electron chi connectivity index (χ0n) is 20.3. The number of carbonyl (C=O) groups excluding carboxylic acids is 2. The molecule has 2 aliphatic rings. The summed E-state index contributed by atoms with van der Waals surface area (Å²) in [6.07, 6.45) is -1.80. The molecule has 2 aromatic rings. The maximum Gasteiger partial charge on any atom is 0.409 e. The molecule has 0 radical (unpaired) electrons. The molecular formula is C23H31N7O6. The van der Waals surface area contributed by atoms with E-state index in [1.54, 1.807) is 18.7 Å². The van der Waals surface area contributed by atoms with Crippen LogP contribution in [-0.2, 0) is 14.3 Å². The molecule has 194 valence electrons. The van der Waals surface area contributed by atoms with Gasteiger partial charge in [0.1, 0.15) is 17.7 Å². The highest BCUT2D eigenvalue weighted by Crippen LogP contribution is 2.32. The largest absolute Gasteiger partial charge is 0.450 e. The smallest absolute Gasteiger partial charge is 0.409 e. The Morgan fingerprint density at radius 2 is 2.00 bits per heavy atom. The molecule has 0 spiro atoms. The van der Waals surface area contributed by atoms with Gasteiger partial charge in [-0.2, -0.15) is 0 Å². The number of nitrogens with two attached hydrogens (primary N) is 1. The molecule has 1 unspecified atom stereocenters. The van der Waals surface area contributed by atoms with Crippen LogP contribution in [0.2, 0.25) is 0 Å². The number of aromatic nitrogens is 4. The number of anilines is 1. The van der Waals surface area contributed by atoms with Gasteiger partial charge < -0.3 is 35.6 Å². The van der Waals surface area contributed by atoms with Gasteiger partial charge in [0.15, 0.2) is 23.8 Å². The highest BCUT2D eigenvalue weighted by atomic mass is 16.6. The molecule has 13 nitrogen and oxygen atoms in total. The van der Waals surface area contributed by atoms with Crippen molar-refractivity contribution in [3.63, 3.8) is 0 Å². The van der Waals surface area contributed by atoms with E-state index >= 15 is 0 Å². The van der Waals surface area contributed by atoms with Crippen LogP contribution in [0.15, 0.2) is 6.33 Å². The van der Waals surface area contributed by atoms with E-state index in [1.807, 2.05) is 0 Å². The Labute approximate surface area is 208 Å². The number of hydrogen-bond acceptors (Lipinski definition) is 10. The average Bonchev–Trinajstić information content (AvgIpc) is 3.41. The van der Waals surface area contributed by atoms with Gasteiger partial charge in [0.2, 0.25) is 5.82 Å². The van der Waals surface area contributed by atoms with Gasteiger partial charge in [-0.15, -0.1) is 0 Å². The Bertz CT molecular complexity index is 1170. The molecule has 4 rings (SSSR count). The molecule has 2 saturated heterocycles. The summed E-state index contributed by atoms with van der Waals surface area (Å²) < 4.78 is 12.1. The lowest BCUT2D eigenvalue weighted by molar-refractivity contribution is -0.137. The van der Waals surface area contributed by atoms with Crippen molar-refractivity contribution in [2.75, 3.05) is 32.0 Å². The fourth-order valence-electron chi connectivity index (χ4n) is 4.37. The number of likely N-dealkylation sites (N-methyl/N-ethyl adjacent to an activating group) is 1. The monoisotopic (exact) mass is 501 g/mol. The Morgan fingerprint density at radius 3 is 2.69 bits per heavy atom. The van der Waals surface area contributed by atoms with Crippen molar-refractivity contribution >= 4 is 29.0 Å². The normalized spacial score (nSPS) is 24.4. The summed E-state index contributed by atoms with van der Waals surface area (Å²) in [5.74, 6) is 6.14. The number of piperidine rings is 1. The maximum absolute atomic E-state index is 12.2. The Hall–Kier alpha value is -3.47. The van der Waals surface area contributed by atoms with Crippen LogP contribution in [0.4, 0.5) is 10.6 Å². The Balaban J connectivity index is 1.47. The highest BCUT2D eigenvalue weighted by Gasteiger charge is 2.47. The van der Waals surface area contributed by atoms with Crippen LogP contribution in [0, 0.1) is 17.8 Å². The first kappa shape index (κ1) is 25.6. The molecule has 36 heavy (non-hydrogen) atoms. The number of nitrogen functional groups attached to an aromatic ring is 1. The quantitative estimate of drug-likeness (QED) is 0.400. The van der Waals surface area contributed by atoms with Crippen LogP contribution in [0.25, 0.3) is 11.2 Å². The second-order valence-corrected chi connectivity index (χ2v) is 8.71. The summed E-state index contributed by atoms with van der Waals surface area (Å²) >= 11 is 0. The van der Waals surface area contributed by atoms with Crippen molar-refractivity contribution in [3.8, 4) is 11.8 Å². The van der Waals surface area contributed by atoms with Crippen LogP contribution in [-0.4, -0.2) is 91.2 Å². The second kappa shape index (κ2) is 11.1. The van der Waals surface area contributed by atoms with E-state index in [-0.39, 0.29) is 23.4 Å². The van der Waals surface area contributed by atoms with Gasteiger partial charge in [-0.05, 0) is 38.5 Å². The molecule has 2 aromatic heterocycles. The summed E-state index contributed by atoms with van der Waals surface area (Å²) in [7, 11) is 0. The van der Waals surface area contributed by atoms with Gasteiger partial charge in [-0.1, -0.05) is 5.92 Å². The fourth-order valence-corrected chi connectivity index (χ4v) is 4.37. The molecule has 13 heteroatoms. The summed E-state index contributed by atoms with van der Waals surface area (Å²) in [6.45, 7) is 5.51. The van der Waals surface area contributed by atoms with Crippen LogP contribution in [0.5, 0.6) is 0 Å². The highest BCUT2D eigenvalue weighted by molar-refractivity contribution is 5.83. The van der Waals surface area contributed by atoms with Crippen LogP contribution in [0.3, 0.4) is 0 Å². The first-order valence-corrected chi connectivity index (χ1v) is 12.0. The lowest BCUT2D eigenvalue weighted by Gasteiger charge is -2.30. The zero-order valence-corrected chi connectivity index (χ0v) is 20.3. The Kier molecular flexibility index (Phi) is 7.88. The molecule has 0 aromatic carbocycles. The standard InChI is InChI=1S/C23H31N7O6/c1-3-25-21(33)18-16(31)17(32)22(36-18)30-12-26-15-19(24)27-14(28-20(15)30)7-5-6-13-8-10-29(11-9-13)23(34)35-4-2/h12-13,16-18,22,31-32H,3-4,6,8-11H2,1-2H3,(H,25,33)(H2,24,27,28)/t16-,17?,18+,22-/m1/s1. The first-order chi connectivity index (χ1) is 17.3. The molecule has 4 heterocycles. The van der Waals surface area contributed by atoms with Gasteiger partial charge in [-0.25, -0.2) is 19.7 Å². The maximum atomic E-state index is 12.2. The van der Waals surface area contributed by atoms with E-state index < -0.39 is 30.4 Å². The molecule has 0 aliphatic carbocycles. The summed E-state index contributed by atoms with van der Waals surface area (Å²) in [4.78, 5) is 38.6. The van der Waals surface area contributed by atoms with Gasteiger partial charge in [0.05, 0.1) is 12.9 Å². The lowest BCUT2D eigenvalue weighted by Crippen LogP contribution is -2.42. The number of aliphatic hydroxyl groups is 2. The van der Waals surface area contributed by atoms with Crippen molar-refractivity contribution in [1.29, 1.82) is 0 Å². The predicted octanol–water partition coefficient (Wildman–Crippen LogP) is -0.226. The average molecular weight is 502 g/mol. The van der Waals surface area contributed by atoms with Crippen molar-refractivity contribution in [1.82, 2.24) is 29.7 Å². The van der Waals surface area contributed by atoms with E-state index in [0.717, 1.165) is 12.8 Å². The third kappa shape index (κ3) is 5.20. The SMILES string of the molecule is CCNC(=O)[C@H]1O[C@@H](n2cnc3c(N)nc(C#CCC4CCN(C(=O)OCC)CC4)nc32)C(O)[C@H]1O. The van der Waals surface area contributed by atoms with Gasteiger partial charge in [0.25, 0.3) is 5.91 Å². The van der Waals surface area contributed by atoms with E-state index in [1.165, 1.54) is 10.9 Å². The third-order valence-corrected chi connectivity index (χ3v) is 6.30. The third-order valence-electron chi connectivity index (χ3n) is 6.30. The van der Waals surface area contributed by atoms with E-state index in [9.17, 15) is 19.8 Å². The number of amides is 2. The van der Waals surface area contributed by atoms with E-state index in [0.29, 0.717) is 44.1 Å². The molecule has 4 atom stereocenters. The summed E-state index contributed by atoms with van der Waals surface area (Å²) in [6, 6.07) is 0. The van der Waals surface area contributed by atoms with Crippen molar-refractivity contribution < 1.29 is 29.3 Å². The van der Waals surface area contributed by atoms with E-state index in [4.69, 9.17) is 15.2 Å². The number of nitrogens with zero attached hydrogens (tertiary/aromatic N) is 5. The number of rotatable bonds is 5. The summed E-state index contributed by atoms with van der Waals surface area (Å²) in [5.41, 5.74) is 6.62. The van der Waals surface area contributed by atoms with Gasteiger partial charge in [-0.3, -0.25) is 9.36 Å². The number of carbonyl (C=O) groups is 2. The molecule has 0 saturated carbocycles. The second-order valence-electron chi connectivity index (χ2n) is 8.71. The minimum absolute atomic E-state index is 0.110. The first-order valence-electron chi connectivity index (χ1n) is 12.0. The van der Waals surface area contributed by atoms with Gasteiger partial charge >= 0.3 is 6.09 Å². The number of imidazole rings is 1. The Morgan fingerprint density at radius 1 is 1.25 bits per heavy atom. The number of likely N-dealkylation sites (tertiary alicyclic amines) is 1. The minimum Gasteiger partial charge on any atom is -0.450 e.